The van der Waals surface area contributed by atoms with E-state index in [-0.39, 0.29) is 17.9 Å². The molecular formula is C22H23FN4O. The molecule has 0 aliphatic carbocycles. The van der Waals surface area contributed by atoms with E-state index in [1.165, 1.54) is 17.7 Å². The number of halogens is 1. The number of rotatable bonds is 3. The van der Waals surface area contributed by atoms with Gasteiger partial charge >= 0.3 is 6.03 Å². The lowest BCUT2D eigenvalue weighted by Gasteiger charge is -2.31. The van der Waals surface area contributed by atoms with Gasteiger partial charge in [-0.1, -0.05) is 18.2 Å². The minimum Gasteiger partial charge on any atom is -0.369 e. The molecule has 1 saturated heterocycles. The maximum atomic E-state index is 13.1. The first-order chi connectivity index (χ1) is 13.6. The number of hydrogen-bond donors (Lipinski definition) is 1. The Kier molecular flexibility index (Phi) is 5.16. The van der Waals surface area contributed by atoms with Crippen molar-refractivity contribution in [3.8, 4) is 6.07 Å². The van der Waals surface area contributed by atoms with Gasteiger partial charge in [0.25, 0.3) is 0 Å². The summed E-state index contributed by atoms with van der Waals surface area (Å²) in [4.78, 5) is 16.8. The summed E-state index contributed by atoms with van der Waals surface area (Å²) in [6, 6.07) is 14.8. The number of nitrogens with zero attached hydrogens (tertiary/aromatic N) is 3. The van der Waals surface area contributed by atoms with Gasteiger partial charge in [-0.3, -0.25) is 0 Å². The number of hydrogen-bond acceptors (Lipinski definition) is 3. The van der Waals surface area contributed by atoms with E-state index in [1.807, 2.05) is 23.1 Å². The quantitative estimate of drug-likeness (QED) is 0.892. The number of carbonyl (C=O) groups is 1. The minimum absolute atomic E-state index is 0.0395. The molecule has 144 valence electrons. The predicted molar refractivity (Wildman–Crippen MR) is 105 cm³/mol. The van der Waals surface area contributed by atoms with Crippen molar-refractivity contribution in [2.75, 3.05) is 24.5 Å². The normalized spacial score (nSPS) is 18.5. The van der Waals surface area contributed by atoms with Crippen LogP contribution in [0.25, 0.3) is 0 Å². The highest BCUT2D eigenvalue weighted by atomic mass is 19.1. The first kappa shape index (κ1) is 18.3. The Hall–Kier alpha value is -3.07. The number of urea groups is 1. The molecule has 6 heteroatoms. The Labute approximate surface area is 164 Å². The molecule has 1 unspecified atom stereocenters. The number of amides is 2. The Balaban J connectivity index is 1.35. The van der Waals surface area contributed by atoms with E-state index in [0.29, 0.717) is 19.5 Å². The largest absolute Gasteiger partial charge is 0.369 e. The van der Waals surface area contributed by atoms with Crippen molar-refractivity contribution in [2.24, 2.45) is 0 Å². The SMILES string of the molecule is N#CCc1cccc2c1CCN(C(=O)NC1CCN(c3ccc(F)cc3)C1)C2. The van der Waals surface area contributed by atoms with E-state index >= 15 is 0 Å². The second kappa shape index (κ2) is 7.89. The van der Waals surface area contributed by atoms with Crippen LogP contribution in [0.3, 0.4) is 0 Å². The lowest BCUT2D eigenvalue weighted by molar-refractivity contribution is 0.189. The summed E-state index contributed by atoms with van der Waals surface area (Å²) in [6.07, 6.45) is 2.07. The number of nitrogens with one attached hydrogen (secondary N) is 1. The summed E-state index contributed by atoms with van der Waals surface area (Å²) in [6.45, 7) is 2.82. The molecule has 1 atom stereocenters. The molecule has 1 N–H and O–H groups in total. The van der Waals surface area contributed by atoms with Crippen molar-refractivity contribution in [1.29, 1.82) is 5.26 Å². The number of benzene rings is 2. The van der Waals surface area contributed by atoms with Crippen LogP contribution in [-0.4, -0.2) is 36.6 Å². The summed E-state index contributed by atoms with van der Waals surface area (Å²) in [5, 5.41) is 12.1. The summed E-state index contributed by atoms with van der Waals surface area (Å²) in [7, 11) is 0. The van der Waals surface area contributed by atoms with Gasteiger partial charge in [-0.2, -0.15) is 5.26 Å². The Morgan fingerprint density at radius 3 is 2.82 bits per heavy atom. The maximum absolute atomic E-state index is 13.1. The fourth-order valence-corrected chi connectivity index (χ4v) is 4.14. The standard InChI is InChI=1S/C22H23FN4O/c23-18-4-6-20(7-5-18)26-12-9-19(15-26)25-22(28)27-13-10-21-16(8-11-24)2-1-3-17(21)14-27/h1-7,19H,8-10,12-15H2,(H,25,28). The zero-order valence-electron chi connectivity index (χ0n) is 15.7. The summed E-state index contributed by atoms with van der Waals surface area (Å²) in [5.41, 5.74) is 4.41. The van der Waals surface area contributed by atoms with Crippen LogP contribution in [0.2, 0.25) is 0 Å². The molecule has 2 aromatic carbocycles. The molecule has 1 fully saturated rings. The van der Waals surface area contributed by atoms with E-state index in [9.17, 15) is 9.18 Å². The van der Waals surface area contributed by atoms with Crippen LogP contribution in [0.5, 0.6) is 0 Å². The van der Waals surface area contributed by atoms with Crippen LogP contribution in [-0.2, 0) is 19.4 Å². The molecule has 0 bridgehead atoms. The van der Waals surface area contributed by atoms with Crippen LogP contribution in [0, 0.1) is 17.1 Å². The van der Waals surface area contributed by atoms with Crippen molar-refractivity contribution < 1.29 is 9.18 Å². The van der Waals surface area contributed by atoms with Crippen LogP contribution >= 0.6 is 0 Å². The molecule has 2 aromatic rings. The summed E-state index contributed by atoms with van der Waals surface area (Å²) in [5.74, 6) is -0.240. The van der Waals surface area contributed by atoms with Crippen molar-refractivity contribution >= 4 is 11.7 Å². The van der Waals surface area contributed by atoms with Crippen molar-refractivity contribution in [3.05, 3.63) is 65.0 Å². The highest BCUT2D eigenvalue weighted by Gasteiger charge is 2.28. The predicted octanol–water partition coefficient (Wildman–Crippen LogP) is 3.24. The Morgan fingerprint density at radius 2 is 2.04 bits per heavy atom. The molecule has 0 saturated carbocycles. The smallest absolute Gasteiger partial charge is 0.317 e. The van der Waals surface area contributed by atoms with Crippen molar-refractivity contribution in [3.63, 3.8) is 0 Å². The molecule has 2 amide bonds. The highest BCUT2D eigenvalue weighted by molar-refractivity contribution is 5.75. The van der Waals surface area contributed by atoms with E-state index in [1.54, 1.807) is 12.1 Å². The van der Waals surface area contributed by atoms with Crippen LogP contribution < -0.4 is 10.2 Å². The summed E-state index contributed by atoms with van der Waals surface area (Å²) < 4.78 is 13.1. The first-order valence-electron chi connectivity index (χ1n) is 9.66. The van der Waals surface area contributed by atoms with Gasteiger partial charge in [0.05, 0.1) is 12.5 Å². The third-order valence-corrected chi connectivity index (χ3v) is 5.63. The van der Waals surface area contributed by atoms with Gasteiger partial charge in [-0.15, -0.1) is 0 Å². The highest BCUT2D eigenvalue weighted by Crippen LogP contribution is 2.24. The molecule has 0 radical (unpaired) electrons. The fraction of sp³-hybridized carbons (Fsp3) is 0.364. The van der Waals surface area contributed by atoms with Gasteiger partial charge in [0.15, 0.2) is 0 Å². The molecule has 2 heterocycles. The van der Waals surface area contributed by atoms with Crippen molar-refractivity contribution in [2.45, 2.75) is 31.8 Å². The number of anilines is 1. The molecule has 0 spiro atoms. The van der Waals surface area contributed by atoms with E-state index in [4.69, 9.17) is 5.26 Å². The number of nitriles is 1. The molecule has 2 aliphatic rings. The molecule has 0 aromatic heterocycles. The van der Waals surface area contributed by atoms with Gasteiger partial charge in [0.2, 0.25) is 0 Å². The van der Waals surface area contributed by atoms with Crippen molar-refractivity contribution in [1.82, 2.24) is 10.2 Å². The third kappa shape index (κ3) is 3.79. The molecular weight excluding hydrogens is 355 g/mol. The molecule has 28 heavy (non-hydrogen) atoms. The Morgan fingerprint density at radius 1 is 1.21 bits per heavy atom. The van der Waals surface area contributed by atoms with Gasteiger partial charge in [-0.05, 0) is 53.8 Å². The van der Waals surface area contributed by atoms with Gasteiger partial charge < -0.3 is 15.1 Å². The first-order valence-corrected chi connectivity index (χ1v) is 9.66. The number of carbonyl (C=O) groups excluding carboxylic acids is 1. The monoisotopic (exact) mass is 378 g/mol. The second-order valence-corrected chi connectivity index (χ2v) is 7.42. The topological polar surface area (TPSA) is 59.4 Å². The number of fused-ring (bicyclic) bond motifs is 1. The fourth-order valence-electron chi connectivity index (χ4n) is 4.14. The van der Waals surface area contributed by atoms with Gasteiger partial charge in [0, 0.05) is 37.9 Å². The average molecular weight is 378 g/mol. The van der Waals surface area contributed by atoms with Crippen LogP contribution in [0.4, 0.5) is 14.9 Å². The maximum Gasteiger partial charge on any atom is 0.317 e. The average Bonchev–Trinajstić information content (AvgIpc) is 3.17. The van der Waals surface area contributed by atoms with E-state index in [0.717, 1.165) is 42.7 Å². The molecule has 2 aliphatic heterocycles. The molecule has 5 nitrogen and oxygen atoms in total. The van der Waals surface area contributed by atoms with E-state index in [2.05, 4.69) is 16.3 Å². The zero-order chi connectivity index (χ0) is 19.5. The molecule has 4 rings (SSSR count). The van der Waals surface area contributed by atoms with Gasteiger partial charge in [0.1, 0.15) is 5.82 Å². The summed E-state index contributed by atoms with van der Waals surface area (Å²) >= 11 is 0. The lowest BCUT2D eigenvalue weighted by atomic mass is 9.93. The second-order valence-electron chi connectivity index (χ2n) is 7.42. The van der Waals surface area contributed by atoms with E-state index < -0.39 is 0 Å². The Bertz CT molecular complexity index is 906. The third-order valence-electron chi connectivity index (χ3n) is 5.63. The van der Waals surface area contributed by atoms with Crippen LogP contribution in [0.15, 0.2) is 42.5 Å². The lowest BCUT2D eigenvalue weighted by Crippen LogP contribution is -2.47. The van der Waals surface area contributed by atoms with Gasteiger partial charge in [-0.25, -0.2) is 9.18 Å². The minimum atomic E-state index is -0.240. The van der Waals surface area contributed by atoms with Crippen LogP contribution in [0.1, 0.15) is 23.1 Å². The zero-order valence-corrected chi connectivity index (χ0v) is 15.7.